The van der Waals surface area contributed by atoms with Gasteiger partial charge in [0.05, 0.1) is 13.7 Å². The van der Waals surface area contributed by atoms with Gasteiger partial charge in [-0.25, -0.2) is 9.79 Å². The Bertz CT molecular complexity index is 805. The zero-order chi connectivity index (χ0) is 17.6. The third-order valence-electron chi connectivity index (χ3n) is 3.61. The molecule has 1 aliphatic heterocycles. The summed E-state index contributed by atoms with van der Waals surface area (Å²) < 4.78 is 15.9. The number of esters is 1. The Hall–Kier alpha value is -3.08. The van der Waals surface area contributed by atoms with Crippen LogP contribution in [0.15, 0.2) is 59.2 Å². The van der Waals surface area contributed by atoms with Crippen molar-refractivity contribution in [1.82, 2.24) is 0 Å². The highest BCUT2D eigenvalue weighted by atomic mass is 16.6. The van der Waals surface area contributed by atoms with Gasteiger partial charge in [-0.1, -0.05) is 19.1 Å². The second kappa shape index (κ2) is 7.66. The lowest BCUT2D eigenvalue weighted by molar-refractivity contribution is -0.129. The van der Waals surface area contributed by atoms with Crippen LogP contribution in [0.5, 0.6) is 11.5 Å². The Kier molecular flexibility index (Phi) is 5.14. The minimum atomic E-state index is -0.461. The van der Waals surface area contributed by atoms with E-state index in [0.29, 0.717) is 12.5 Å². The molecule has 0 spiro atoms. The molecule has 0 radical (unpaired) electrons. The molecule has 0 saturated heterocycles. The predicted octanol–water partition coefficient (Wildman–Crippen LogP) is 3.83. The van der Waals surface area contributed by atoms with Crippen LogP contribution in [0.25, 0.3) is 6.08 Å². The van der Waals surface area contributed by atoms with Gasteiger partial charge in [0.2, 0.25) is 5.90 Å². The van der Waals surface area contributed by atoms with E-state index in [0.717, 1.165) is 29.0 Å². The fourth-order valence-corrected chi connectivity index (χ4v) is 2.30. The maximum absolute atomic E-state index is 12.0. The number of ether oxygens (including phenoxy) is 3. The zero-order valence-corrected chi connectivity index (χ0v) is 14.2. The van der Waals surface area contributed by atoms with Crippen molar-refractivity contribution in [1.29, 1.82) is 0 Å². The maximum atomic E-state index is 12.0. The molecule has 0 aliphatic carbocycles. The van der Waals surface area contributed by atoms with Crippen molar-refractivity contribution < 1.29 is 19.0 Å². The minimum Gasteiger partial charge on any atom is -0.497 e. The first kappa shape index (κ1) is 16.8. The van der Waals surface area contributed by atoms with Crippen LogP contribution >= 0.6 is 0 Å². The van der Waals surface area contributed by atoms with Gasteiger partial charge in [-0.05, 0) is 54.5 Å². The number of nitrogens with zero attached hydrogens (tertiary/aromatic N) is 1. The molecule has 3 rings (SSSR count). The normalized spacial score (nSPS) is 15.0. The summed E-state index contributed by atoms with van der Waals surface area (Å²) >= 11 is 0. The summed E-state index contributed by atoms with van der Waals surface area (Å²) in [6, 6.07) is 14.7. The van der Waals surface area contributed by atoms with E-state index in [1.165, 1.54) is 0 Å². The van der Waals surface area contributed by atoms with Gasteiger partial charge in [-0.3, -0.25) is 0 Å². The molecule has 0 aromatic heterocycles. The van der Waals surface area contributed by atoms with E-state index in [4.69, 9.17) is 14.2 Å². The molecule has 0 amide bonds. The number of aliphatic imine (C=N–C) groups is 1. The first-order valence-electron chi connectivity index (χ1n) is 8.09. The molecule has 5 heteroatoms. The van der Waals surface area contributed by atoms with Gasteiger partial charge in [0.1, 0.15) is 11.5 Å². The van der Waals surface area contributed by atoms with Crippen molar-refractivity contribution in [2.45, 2.75) is 13.3 Å². The highest BCUT2D eigenvalue weighted by Gasteiger charge is 2.24. The number of carbonyl (C=O) groups is 1. The van der Waals surface area contributed by atoms with Crippen LogP contribution in [-0.2, 0) is 9.53 Å². The molecule has 0 saturated carbocycles. The van der Waals surface area contributed by atoms with Gasteiger partial charge in [-0.2, -0.15) is 0 Å². The second-order valence-corrected chi connectivity index (χ2v) is 5.48. The number of methoxy groups -OCH3 is 1. The summed E-state index contributed by atoms with van der Waals surface area (Å²) in [6.45, 7) is 2.72. The molecular weight excluding hydrogens is 318 g/mol. The van der Waals surface area contributed by atoms with Crippen molar-refractivity contribution in [3.8, 4) is 11.5 Å². The number of cyclic esters (lactones) is 1. The largest absolute Gasteiger partial charge is 0.497 e. The molecule has 0 bridgehead atoms. The van der Waals surface area contributed by atoms with Crippen LogP contribution < -0.4 is 9.47 Å². The number of benzene rings is 2. The second-order valence-electron chi connectivity index (χ2n) is 5.48. The average molecular weight is 337 g/mol. The van der Waals surface area contributed by atoms with Crippen LogP contribution in [-0.4, -0.2) is 25.6 Å². The van der Waals surface area contributed by atoms with Crippen molar-refractivity contribution in [3.05, 3.63) is 65.4 Å². The lowest BCUT2D eigenvalue weighted by Crippen LogP contribution is -2.05. The van der Waals surface area contributed by atoms with Crippen LogP contribution in [0, 0.1) is 0 Å². The van der Waals surface area contributed by atoms with Crippen molar-refractivity contribution in [3.63, 3.8) is 0 Å². The van der Waals surface area contributed by atoms with E-state index >= 15 is 0 Å². The lowest BCUT2D eigenvalue weighted by atomic mass is 10.2. The van der Waals surface area contributed by atoms with Crippen LogP contribution in [0.2, 0.25) is 0 Å². The van der Waals surface area contributed by atoms with E-state index in [2.05, 4.69) is 11.9 Å². The van der Waals surface area contributed by atoms with E-state index < -0.39 is 5.97 Å². The fraction of sp³-hybridized carbons (Fsp3) is 0.200. The van der Waals surface area contributed by atoms with Gasteiger partial charge in [0, 0.05) is 5.56 Å². The maximum Gasteiger partial charge on any atom is 0.363 e. The van der Waals surface area contributed by atoms with Gasteiger partial charge in [0.15, 0.2) is 5.70 Å². The average Bonchev–Trinajstić information content (AvgIpc) is 3.01. The smallest absolute Gasteiger partial charge is 0.363 e. The Morgan fingerprint density at radius 3 is 2.36 bits per heavy atom. The lowest BCUT2D eigenvalue weighted by Gasteiger charge is -2.05. The summed E-state index contributed by atoms with van der Waals surface area (Å²) in [5.41, 5.74) is 1.85. The van der Waals surface area contributed by atoms with Crippen LogP contribution in [0.3, 0.4) is 0 Å². The standard InChI is InChI=1S/C20H19NO4/c1-3-12-24-17-10-6-15(7-11-17)19-21-18(20(22)25-19)13-14-4-8-16(23-2)9-5-14/h4-11,13H,3,12H2,1-2H3/b18-13+. The van der Waals surface area contributed by atoms with Gasteiger partial charge < -0.3 is 14.2 Å². The zero-order valence-electron chi connectivity index (χ0n) is 14.2. The Labute approximate surface area is 146 Å². The monoisotopic (exact) mass is 337 g/mol. The molecule has 5 nitrogen and oxygen atoms in total. The molecule has 0 atom stereocenters. The number of carbonyl (C=O) groups excluding carboxylic acids is 1. The van der Waals surface area contributed by atoms with Gasteiger partial charge in [-0.15, -0.1) is 0 Å². The summed E-state index contributed by atoms with van der Waals surface area (Å²) in [6.07, 6.45) is 2.64. The summed E-state index contributed by atoms with van der Waals surface area (Å²) in [4.78, 5) is 16.3. The van der Waals surface area contributed by atoms with E-state index in [-0.39, 0.29) is 5.70 Å². The summed E-state index contributed by atoms with van der Waals surface area (Å²) in [5, 5.41) is 0. The fourth-order valence-electron chi connectivity index (χ4n) is 2.30. The molecule has 1 heterocycles. The Morgan fingerprint density at radius 1 is 1.04 bits per heavy atom. The summed E-state index contributed by atoms with van der Waals surface area (Å²) in [7, 11) is 1.61. The van der Waals surface area contributed by atoms with E-state index in [1.807, 2.05) is 48.5 Å². The first-order chi connectivity index (χ1) is 12.2. The van der Waals surface area contributed by atoms with E-state index in [1.54, 1.807) is 13.2 Å². The van der Waals surface area contributed by atoms with Gasteiger partial charge >= 0.3 is 5.97 Å². The third kappa shape index (κ3) is 4.07. The van der Waals surface area contributed by atoms with E-state index in [9.17, 15) is 4.79 Å². The molecule has 0 unspecified atom stereocenters. The van der Waals surface area contributed by atoms with Crippen molar-refractivity contribution in [2.24, 2.45) is 4.99 Å². The number of hydrogen-bond donors (Lipinski definition) is 0. The molecule has 2 aromatic rings. The molecule has 1 aliphatic rings. The van der Waals surface area contributed by atoms with Crippen LogP contribution in [0.1, 0.15) is 24.5 Å². The molecule has 0 fully saturated rings. The highest BCUT2D eigenvalue weighted by molar-refractivity contribution is 6.12. The SMILES string of the molecule is CCCOc1ccc(C2=N/C(=C/c3ccc(OC)cc3)C(=O)O2)cc1. The predicted molar refractivity (Wildman–Crippen MR) is 95.8 cm³/mol. The van der Waals surface area contributed by atoms with Gasteiger partial charge in [0.25, 0.3) is 0 Å². The molecular formula is C20H19NO4. The number of hydrogen-bond acceptors (Lipinski definition) is 5. The molecule has 25 heavy (non-hydrogen) atoms. The molecule has 2 aromatic carbocycles. The quantitative estimate of drug-likeness (QED) is 0.594. The Morgan fingerprint density at radius 2 is 1.72 bits per heavy atom. The third-order valence-corrected chi connectivity index (χ3v) is 3.61. The molecule has 0 N–H and O–H groups in total. The topological polar surface area (TPSA) is 57.1 Å². The van der Waals surface area contributed by atoms with Crippen molar-refractivity contribution in [2.75, 3.05) is 13.7 Å². The Balaban J connectivity index is 1.78. The first-order valence-corrected chi connectivity index (χ1v) is 8.09. The van der Waals surface area contributed by atoms with Crippen molar-refractivity contribution >= 4 is 17.9 Å². The highest BCUT2D eigenvalue weighted by Crippen LogP contribution is 2.22. The minimum absolute atomic E-state index is 0.270. The van der Waals surface area contributed by atoms with Crippen LogP contribution in [0.4, 0.5) is 0 Å². The number of rotatable bonds is 6. The molecule has 128 valence electrons. The summed E-state index contributed by atoms with van der Waals surface area (Å²) in [5.74, 6) is 1.37.